The molecule has 3 amide bonds. The van der Waals surface area contributed by atoms with Crippen molar-refractivity contribution in [3.05, 3.63) is 212 Å². The number of hydrogen-bond donors (Lipinski definition) is 4. The summed E-state index contributed by atoms with van der Waals surface area (Å²) in [5.41, 5.74) is 2.06. The second-order valence-corrected chi connectivity index (χ2v) is 20.5. The van der Waals surface area contributed by atoms with E-state index >= 15 is 0 Å². The fraction of sp³-hybridized carbons (Fsp3) is 0.194. The third-order valence-electron chi connectivity index (χ3n) is 12.5. The molecule has 2 heterocycles. The average molecular weight is 1360 g/mol. The molecule has 89 heavy (non-hydrogen) atoms. The third-order valence-corrected chi connectivity index (χ3v) is 13.3. The first-order chi connectivity index (χ1) is 42.3. The molecule has 0 spiro atoms. The Morgan fingerprint density at radius 2 is 0.933 bits per heavy atom. The Morgan fingerprint density at radius 1 is 0.528 bits per heavy atom. The highest BCUT2D eigenvalue weighted by atomic mass is 79.9. The second kappa shape index (κ2) is 32.4. The van der Waals surface area contributed by atoms with Gasteiger partial charge >= 0.3 is 30.3 Å². The molecular formula is C62H54Br2F6N8O11. The first kappa shape index (κ1) is 68.5. The monoisotopic (exact) mass is 1360 g/mol. The van der Waals surface area contributed by atoms with E-state index in [2.05, 4.69) is 72.5 Å². The van der Waals surface area contributed by atoms with Gasteiger partial charge in [0.2, 0.25) is 11.8 Å². The van der Waals surface area contributed by atoms with Crippen LogP contribution < -0.4 is 25.4 Å². The van der Waals surface area contributed by atoms with E-state index in [4.69, 9.17) is 19.3 Å². The SMILES string of the molecule is COC(=O)CN(Cc1ccc(-c2ncc(Br)cn2)cc1)C(=O)c1ccc(NC(=O)Cc2ccc(OC)cc2C(F)(F)F)cc1.COC(=O)CNCc1ccc(-c2ncc(Br)cn2)cc1.COc1ccc(CC(=O)Nc2ccc(C(=O)O)cc2)c(C(F)(F)F)c1. The molecule has 464 valence electrons. The number of benzene rings is 6. The second-order valence-electron chi connectivity index (χ2n) is 18.7. The summed E-state index contributed by atoms with van der Waals surface area (Å²) in [7, 11) is 5.10. The van der Waals surface area contributed by atoms with Gasteiger partial charge in [-0.3, -0.25) is 24.0 Å². The summed E-state index contributed by atoms with van der Waals surface area (Å²) in [6.07, 6.45) is -3.60. The predicted molar refractivity (Wildman–Crippen MR) is 321 cm³/mol. The van der Waals surface area contributed by atoms with E-state index in [1.165, 1.54) is 106 Å². The van der Waals surface area contributed by atoms with E-state index < -0.39 is 66.0 Å². The molecule has 0 atom stereocenters. The molecule has 0 saturated carbocycles. The van der Waals surface area contributed by atoms with Crippen LogP contribution in [0, 0.1) is 0 Å². The molecule has 27 heteroatoms. The number of ether oxygens (including phenoxy) is 4. The third kappa shape index (κ3) is 21.4. The zero-order valence-electron chi connectivity index (χ0n) is 47.5. The first-order valence-corrected chi connectivity index (χ1v) is 27.7. The number of nitrogens with zero attached hydrogens (tertiary/aromatic N) is 5. The van der Waals surface area contributed by atoms with Gasteiger partial charge in [-0.15, -0.1) is 0 Å². The number of carboxylic acid groups (broad SMARTS) is 1. The Bertz CT molecular complexity index is 3720. The van der Waals surface area contributed by atoms with Crippen molar-refractivity contribution in [2.45, 2.75) is 38.3 Å². The molecule has 0 unspecified atom stereocenters. The number of amides is 3. The number of carboxylic acids is 1. The Morgan fingerprint density at radius 3 is 1.31 bits per heavy atom. The van der Waals surface area contributed by atoms with Crippen molar-refractivity contribution in [2.75, 3.05) is 52.2 Å². The number of nitrogens with one attached hydrogen (secondary N) is 3. The molecule has 8 rings (SSSR count). The van der Waals surface area contributed by atoms with Gasteiger partial charge in [-0.25, -0.2) is 24.7 Å². The summed E-state index contributed by atoms with van der Waals surface area (Å²) in [5.74, 6) is -2.53. The van der Waals surface area contributed by atoms with Gasteiger partial charge in [0.05, 0.1) is 73.5 Å². The lowest BCUT2D eigenvalue weighted by Crippen LogP contribution is -2.35. The Kier molecular flexibility index (Phi) is 24.9. The number of hydrogen-bond acceptors (Lipinski definition) is 15. The molecule has 4 N–H and O–H groups in total. The Balaban J connectivity index is 0.000000236. The summed E-state index contributed by atoms with van der Waals surface area (Å²) in [5, 5.41) is 16.8. The molecular weight excluding hydrogens is 1310 g/mol. The molecule has 8 aromatic rings. The van der Waals surface area contributed by atoms with Gasteiger partial charge in [-0.2, -0.15) is 26.3 Å². The highest BCUT2D eigenvalue weighted by molar-refractivity contribution is 9.10. The number of anilines is 2. The topological polar surface area (TPSA) is 250 Å². The zero-order valence-corrected chi connectivity index (χ0v) is 50.7. The lowest BCUT2D eigenvalue weighted by atomic mass is 10.0. The molecule has 0 aliphatic carbocycles. The highest BCUT2D eigenvalue weighted by Gasteiger charge is 2.35. The fourth-order valence-electron chi connectivity index (χ4n) is 8.01. The normalized spacial score (nSPS) is 10.9. The summed E-state index contributed by atoms with van der Waals surface area (Å²) in [6.45, 7) is 0.594. The quantitative estimate of drug-likeness (QED) is 0.0409. The van der Waals surface area contributed by atoms with Crippen molar-refractivity contribution < 1.29 is 79.2 Å². The van der Waals surface area contributed by atoms with E-state index in [0.717, 1.165) is 43.3 Å². The van der Waals surface area contributed by atoms with Crippen molar-refractivity contribution >= 4 is 78.9 Å². The molecule has 0 bridgehead atoms. The standard InChI is InChI=1S/C31H26BrF3N4O5.C17H14F3NO4.C14H14BrN3O2/c1-43-25-12-9-22(26(14-25)31(33,34)35)13-27(40)38-24-10-7-21(8-11-24)30(42)39(18-28(41)44-2)17-19-3-5-20(6-4-19)29-36-15-23(32)16-37-29;1-25-13-7-4-11(14(9-13)17(18,19)20)8-15(22)21-12-5-2-10(3-6-12)16(23)24;1-20-13(19)9-16-6-10-2-4-11(5-3-10)14-17-7-12(15)8-18-14/h3-12,14-16H,13,17-18H2,1-2H3,(H,38,40);2-7,9H,8H2,1H3,(H,21,22)(H,23,24);2-5,7-8,16H,6,9H2,1H3. The molecule has 0 radical (unpaired) electrons. The number of carbonyl (C=O) groups excluding carboxylic acids is 5. The first-order valence-electron chi connectivity index (χ1n) is 26.1. The van der Waals surface area contributed by atoms with Crippen LogP contribution in [-0.4, -0.2) is 107 Å². The van der Waals surface area contributed by atoms with E-state index in [1.54, 1.807) is 49.1 Å². The number of methoxy groups -OCH3 is 4. The minimum absolute atomic E-state index is 0.0234. The largest absolute Gasteiger partial charge is 0.497 e. The van der Waals surface area contributed by atoms with Gasteiger partial charge in [0.15, 0.2) is 11.6 Å². The van der Waals surface area contributed by atoms with Crippen LogP contribution in [-0.2, 0) is 66.9 Å². The van der Waals surface area contributed by atoms with Crippen LogP contribution in [0.15, 0.2) is 167 Å². The maximum absolute atomic E-state index is 13.5. The van der Waals surface area contributed by atoms with Crippen molar-refractivity contribution in [1.82, 2.24) is 30.2 Å². The number of alkyl halides is 6. The molecule has 19 nitrogen and oxygen atoms in total. The molecule has 0 saturated heterocycles. The summed E-state index contributed by atoms with van der Waals surface area (Å²) in [6, 6.07) is 32.9. The van der Waals surface area contributed by atoms with Crippen molar-refractivity contribution in [1.29, 1.82) is 0 Å². The average Bonchev–Trinajstić information content (AvgIpc) is 3.37. The van der Waals surface area contributed by atoms with E-state index in [-0.39, 0.29) is 70.7 Å². The number of aromatic carboxylic acids is 1. The minimum Gasteiger partial charge on any atom is -0.497 e. The molecule has 0 aliphatic rings. The summed E-state index contributed by atoms with van der Waals surface area (Å²) < 4.78 is 100. The lowest BCUT2D eigenvalue weighted by molar-refractivity contribution is -0.141. The number of carbonyl (C=O) groups is 6. The number of aromatic nitrogens is 4. The highest BCUT2D eigenvalue weighted by Crippen LogP contribution is 2.36. The smallest absolute Gasteiger partial charge is 0.416 e. The van der Waals surface area contributed by atoms with Crippen molar-refractivity contribution in [3.8, 4) is 34.3 Å². The lowest BCUT2D eigenvalue weighted by Gasteiger charge is -2.22. The Hall–Kier alpha value is -9.60. The molecule has 2 aromatic heterocycles. The Labute approximate surface area is 522 Å². The number of esters is 2. The fourth-order valence-corrected chi connectivity index (χ4v) is 8.42. The van der Waals surface area contributed by atoms with Crippen LogP contribution in [0.3, 0.4) is 0 Å². The van der Waals surface area contributed by atoms with Crippen molar-refractivity contribution in [3.63, 3.8) is 0 Å². The van der Waals surface area contributed by atoms with E-state index in [1.807, 2.05) is 24.3 Å². The van der Waals surface area contributed by atoms with Gasteiger partial charge in [-0.05, 0) is 127 Å². The predicted octanol–water partition coefficient (Wildman–Crippen LogP) is 11.7. The van der Waals surface area contributed by atoms with Crippen LogP contribution in [0.5, 0.6) is 11.5 Å². The van der Waals surface area contributed by atoms with E-state index in [9.17, 15) is 55.1 Å². The molecule has 6 aromatic carbocycles. The maximum atomic E-state index is 13.5. The van der Waals surface area contributed by atoms with Gasteiger partial charge in [0.1, 0.15) is 18.0 Å². The van der Waals surface area contributed by atoms with Crippen LogP contribution >= 0.6 is 31.9 Å². The van der Waals surface area contributed by atoms with Crippen LogP contribution in [0.2, 0.25) is 0 Å². The van der Waals surface area contributed by atoms with Crippen LogP contribution in [0.4, 0.5) is 37.7 Å². The molecule has 0 aliphatic heterocycles. The zero-order chi connectivity index (χ0) is 64.8. The molecule has 0 fully saturated rings. The van der Waals surface area contributed by atoms with Crippen LogP contribution in [0.25, 0.3) is 22.8 Å². The summed E-state index contributed by atoms with van der Waals surface area (Å²) >= 11 is 6.60. The minimum atomic E-state index is -4.67. The maximum Gasteiger partial charge on any atom is 0.416 e. The van der Waals surface area contributed by atoms with Crippen LogP contribution in [0.1, 0.15) is 54.1 Å². The van der Waals surface area contributed by atoms with E-state index in [0.29, 0.717) is 18.2 Å². The summed E-state index contributed by atoms with van der Waals surface area (Å²) in [4.78, 5) is 90.1. The van der Waals surface area contributed by atoms with Gasteiger partial charge in [0.25, 0.3) is 5.91 Å². The van der Waals surface area contributed by atoms with Gasteiger partial charge in [0, 0.05) is 65.9 Å². The van der Waals surface area contributed by atoms with Crippen molar-refractivity contribution in [2.24, 2.45) is 0 Å². The number of halogens is 8. The van der Waals surface area contributed by atoms with Gasteiger partial charge in [-0.1, -0.05) is 60.7 Å². The number of rotatable bonds is 20. The van der Waals surface area contributed by atoms with Gasteiger partial charge < -0.3 is 44.9 Å².